The molecular weight excluding hydrogens is 344 g/mol. The van der Waals surface area contributed by atoms with Crippen LogP contribution in [0.15, 0.2) is 36.4 Å². The summed E-state index contributed by atoms with van der Waals surface area (Å²) in [5.74, 6) is 1.80. The maximum absolute atomic E-state index is 5.56. The Kier molecular flexibility index (Phi) is 6.86. The third kappa shape index (κ3) is 4.88. The maximum atomic E-state index is 5.56. The van der Waals surface area contributed by atoms with Gasteiger partial charge in [-0.1, -0.05) is 37.6 Å². The number of hydrogen-bond donors (Lipinski definition) is 2. The highest BCUT2D eigenvalue weighted by molar-refractivity contribution is 7.80. The van der Waals surface area contributed by atoms with E-state index in [9.17, 15) is 0 Å². The molecule has 5 heteroatoms. The molecule has 0 saturated carbocycles. The van der Waals surface area contributed by atoms with E-state index in [0.717, 1.165) is 11.4 Å². The van der Waals surface area contributed by atoms with E-state index in [1.165, 1.54) is 16.7 Å². The molecule has 2 rings (SSSR count). The number of hydrogen-bond acceptors (Lipinski definition) is 3. The van der Waals surface area contributed by atoms with Gasteiger partial charge < -0.3 is 20.1 Å². The van der Waals surface area contributed by atoms with Crippen LogP contribution in [0.4, 0.5) is 5.69 Å². The minimum Gasteiger partial charge on any atom is -0.497 e. The van der Waals surface area contributed by atoms with E-state index in [-0.39, 0.29) is 6.04 Å². The molecule has 140 valence electrons. The molecule has 0 fully saturated rings. The number of nitrogens with one attached hydrogen (secondary N) is 2. The molecule has 2 N–H and O–H groups in total. The van der Waals surface area contributed by atoms with Crippen molar-refractivity contribution < 1.29 is 9.47 Å². The van der Waals surface area contributed by atoms with Crippen molar-refractivity contribution in [2.45, 2.75) is 33.7 Å². The summed E-state index contributed by atoms with van der Waals surface area (Å²) >= 11 is 5.56. The summed E-state index contributed by atoms with van der Waals surface area (Å²) in [6, 6.07) is 12.2. The average Bonchev–Trinajstić information content (AvgIpc) is 2.60. The third-order valence-electron chi connectivity index (χ3n) is 4.37. The van der Waals surface area contributed by atoms with Crippen molar-refractivity contribution in [1.82, 2.24) is 5.32 Å². The summed E-state index contributed by atoms with van der Waals surface area (Å²) in [5.41, 5.74) is 4.59. The molecule has 0 heterocycles. The fourth-order valence-electron chi connectivity index (χ4n) is 2.98. The Morgan fingerprint density at radius 3 is 2.31 bits per heavy atom. The van der Waals surface area contributed by atoms with Crippen molar-refractivity contribution in [3.63, 3.8) is 0 Å². The molecule has 0 saturated heterocycles. The Labute approximate surface area is 161 Å². The predicted molar refractivity (Wildman–Crippen MR) is 112 cm³/mol. The van der Waals surface area contributed by atoms with Crippen LogP contribution < -0.4 is 20.1 Å². The quantitative estimate of drug-likeness (QED) is 0.698. The number of benzene rings is 2. The molecule has 0 radical (unpaired) electrons. The molecule has 2 aromatic carbocycles. The van der Waals surface area contributed by atoms with Gasteiger partial charge in [0.05, 0.1) is 25.9 Å². The van der Waals surface area contributed by atoms with Gasteiger partial charge in [0.15, 0.2) is 5.11 Å². The van der Waals surface area contributed by atoms with Crippen LogP contribution in [0.2, 0.25) is 0 Å². The number of ether oxygens (including phenoxy) is 2. The third-order valence-corrected chi connectivity index (χ3v) is 4.59. The molecule has 0 bridgehead atoms. The largest absolute Gasteiger partial charge is 0.497 e. The second kappa shape index (κ2) is 8.90. The van der Waals surface area contributed by atoms with Crippen LogP contribution in [0.5, 0.6) is 11.5 Å². The highest BCUT2D eigenvalue weighted by atomic mass is 32.1. The molecule has 0 amide bonds. The summed E-state index contributed by atoms with van der Waals surface area (Å²) in [6.07, 6.45) is 0. The van der Waals surface area contributed by atoms with Crippen LogP contribution in [-0.4, -0.2) is 19.3 Å². The van der Waals surface area contributed by atoms with Crippen LogP contribution in [0, 0.1) is 19.8 Å². The van der Waals surface area contributed by atoms with Gasteiger partial charge in [0, 0.05) is 6.07 Å². The SMILES string of the molecule is COc1ccc(NC(=S)N[C@@H](c2ccc(C)cc2C)C(C)C)c(OC)c1. The first-order valence-corrected chi connectivity index (χ1v) is 9.13. The lowest BCUT2D eigenvalue weighted by molar-refractivity contribution is 0.395. The molecule has 4 nitrogen and oxygen atoms in total. The molecule has 0 spiro atoms. The zero-order valence-electron chi connectivity index (χ0n) is 16.3. The summed E-state index contributed by atoms with van der Waals surface area (Å²) in [5, 5.41) is 7.26. The van der Waals surface area contributed by atoms with Crippen LogP contribution in [0.25, 0.3) is 0 Å². The molecular formula is C21H28N2O2S. The van der Waals surface area contributed by atoms with Gasteiger partial charge >= 0.3 is 0 Å². The summed E-state index contributed by atoms with van der Waals surface area (Å²) in [7, 11) is 3.26. The number of rotatable bonds is 6. The van der Waals surface area contributed by atoms with Gasteiger partial charge in [-0.3, -0.25) is 0 Å². The zero-order valence-corrected chi connectivity index (χ0v) is 17.2. The van der Waals surface area contributed by atoms with Gasteiger partial charge in [-0.2, -0.15) is 0 Å². The molecule has 2 aromatic rings. The summed E-state index contributed by atoms with van der Waals surface area (Å²) < 4.78 is 10.7. The lowest BCUT2D eigenvalue weighted by atomic mass is 9.92. The second-order valence-corrected chi connectivity index (χ2v) is 7.15. The number of aryl methyl sites for hydroxylation is 2. The molecule has 1 atom stereocenters. The number of thiocarbonyl (C=S) groups is 1. The van der Waals surface area contributed by atoms with E-state index in [1.54, 1.807) is 14.2 Å². The molecule has 0 aliphatic carbocycles. The second-order valence-electron chi connectivity index (χ2n) is 6.75. The first-order chi connectivity index (χ1) is 12.3. The van der Waals surface area contributed by atoms with Gasteiger partial charge in [-0.15, -0.1) is 0 Å². The van der Waals surface area contributed by atoms with E-state index in [2.05, 4.69) is 56.5 Å². The Balaban J connectivity index is 2.18. The molecule has 0 aliphatic rings. The standard InChI is InChI=1S/C21H28N2O2S/c1-13(2)20(17-9-7-14(3)11-15(17)4)23-21(26)22-18-10-8-16(24-5)12-19(18)25-6/h7-13,20H,1-6H3,(H2,22,23,26)/t20-/m1/s1. The van der Waals surface area contributed by atoms with Gasteiger partial charge in [-0.05, 0) is 55.2 Å². The highest BCUT2D eigenvalue weighted by Crippen LogP contribution is 2.30. The van der Waals surface area contributed by atoms with Crippen LogP contribution in [0.3, 0.4) is 0 Å². The molecule has 0 unspecified atom stereocenters. The Morgan fingerprint density at radius 1 is 1.00 bits per heavy atom. The summed E-state index contributed by atoms with van der Waals surface area (Å²) in [6.45, 7) is 8.63. The minimum atomic E-state index is 0.125. The van der Waals surface area contributed by atoms with Gasteiger partial charge in [0.25, 0.3) is 0 Å². The number of methoxy groups -OCH3 is 2. The summed E-state index contributed by atoms with van der Waals surface area (Å²) in [4.78, 5) is 0. The molecule has 0 aliphatic heterocycles. The maximum Gasteiger partial charge on any atom is 0.171 e. The lowest BCUT2D eigenvalue weighted by Crippen LogP contribution is -2.35. The normalized spacial score (nSPS) is 11.8. The van der Waals surface area contributed by atoms with E-state index in [4.69, 9.17) is 21.7 Å². The smallest absolute Gasteiger partial charge is 0.171 e. The van der Waals surface area contributed by atoms with Crippen LogP contribution >= 0.6 is 12.2 Å². The van der Waals surface area contributed by atoms with E-state index < -0.39 is 0 Å². The number of anilines is 1. The van der Waals surface area contributed by atoms with Crippen LogP contribution in [-0.2, 0) is 0 Å². The fraction of sp³-hybridized carbons (Fsp3) is 0.381. The van der Waals surface area contributed by atoms with Gasteiger partial charge in [0.1, 0.15) is 11.5 Å². The minimum absolute atomic E-state index is 0.125. The van der Waals surface area contributed by atoms with Crippen molar-refractivity contribution in [3.8, 4) is 11.5 Å². The van der Waals surface area contributed by atoms with Crippen molar-refractivity contribution in [1.29, 1.82) is 0 Å². The Morgan fingerprint density at radius 2 is 1.73 bits per heavy atom. The van der Waals surface area contributed by atoms with Crippen LogP contribution in [0.1, 0.15) is 36.6 Å². The topological polar surface area (TPSA) is 42.5 Å². The Bertz CT molecular complexity index is 775. The first-order valence-electron chi connectivity index (χ1n) is 8.72. The first kappa shape index (κ1) is 20.0. The molecule has 0 aromatic heterocycles. The highest BCUT2D eigenvalue weighted by Gasteiger charge is 2.19. The van der Waals surface area contributed by atoms with Crippen molar-refractivity contribution in [3.05, 3.63) is 53.1 Å². The Hall–Kier alpha value is -2.27. The fourth-order valence-corrected chi connectivity index (χ4v) is 3.22. The van der Waals surface area contributed by atoms with E-state index in [0.29, 0.717) is 16.8 Å². The van der Waals surface area contributed by atoms with E-state index in [1.807, 2.05) is 18.2 Å². The lowest BCUT2D eigenvalue weighted by Gasteiger charge is -2.26. The van der Waals surface area contributed by atoms with Crippen molar-refractivity contribution >= 4 is 23.0 Å². The average molecular weight is 373 g/mol. The molecule has 26 heavy (non-hydrogen) atoms. The van der Waals surface area contributed by atoms with Crippen molar-refractivity contribution in [2.75, 3.05) is 19.5 Å². The van der Waals surface area contributed by atoms with Crippen molar-refractivity contribution in [2.24, 2.45) is 5.92 Å². The van der Waals surface area contributed by atoms with E-state index >= 15 is 0 Å². The monoisotopic (exact) mass is 372 g/mol. The zero-order chi connectivity index (χ0) is 19.3. The predicted octanol–water partition coefficient (Wildman–Crippen LogP) is 5.00. The van der Waals surface area contributed by atoms with Gasteiger partial charge in [0.2, 0.25) is 0 Å². The van der Waals surface area contributed by atoms with Gasteiger partial charge in [-0.25, -0.2) is 0 Å².